The monoisotopic (exact) mass is 627 g/mol. The van der Waals surface area contributed by atoms with E-state index in [1.807, 2.05) is 50.2 Å². The molecule has 1 aliphatic heterocycles. The summed E-state index contributed by atoms with van der Waals surface area (Å²) in [5.41, 5.74) is 4.86. The molecule has 1 aliphatic carbocycles. The van der Waals surface area contributed by atoms with Crippen LogP contribution in [-0.2, 0) is 9.53 Å². The zero-order valence-corrected chi connectivity index (χ0v) is 21.0. The summed E-state index contributed by atoms with van der Waals surface area (Å²) in [4.78, 5) is 26.2. The lowest BCUT2D eigenvalue weighted by atomic mass is 9.80. The van der Waals surface area contributed by atoms with Gasteiger partial charge in [-0.15, -0.1) is 0 Å². The van der Waals surface area contributed by atoms with E-state index in [0.717, 1.165) is 29.7 Å². The van der Waals surface area contributed by atoms with Gasteiger partial charge in [-0.3, -0.25) is 4.79 Å². The Morgan fingerprint density at radius 3 is 2.37 bits per heavy atom. The van der Waals surface area contributed by atoms with Gasteiger partial charge in [0.05, 0.1) is 32.1 Å². The van der Waals surface area contributed by atoms with Crippen molar-refractivity contribution in [1.29, 1.82) is 0 Å². The second kappa shape index (κ2) is 8.33. The molecule has 0 radical (unpaired) electrons. The van der Waals surface area contributed by atoms with Crippen molar-refractivity contribution in [2.24, 2.45) is 0 Å². The predicted molar refractivity (Wildman–Crippen MR) is 131 cm³/mol. The number of methoxy groups -OCH3 is 1. The molecule has 1 heterocycles. The van der Waals surface area contributed by atoms with Crippen molar-refractivity contribution in [3.63, 3.8) is 0 Å². The zero-order valence-electron chi connectivity index (χ0n) is 16.6. The molecule has 4 rings (SSSR count). The largest absolute Gasteiger partial charge is 0.492 e. The van der Waals surface area contributed by atoms with Gasteiger partial charge < -0.3 is 14.8 Å². The summed E-state index contributed by atoms with van der Waals surface area (Å²) in [7, 11) is 1.36. The normalized spacial score (nSPS) is 17.5. The molecule has 7 heteroatoms. The average molecular weight is 627 g/mol. The first kappa shape index (κ1) is 21.4. The molecule has 0 spiro atoms. The van der Waals surface area contributed by atoms with Crippen LogP contribution >= 0.6 is 45.2 Å². The highest BCUT2D eigenvalue weighted by Gasteiger charge is 2.43. The fourth-order valence-corrected chi connectivity index (χ4v) is 6.20. The third kappa shape index (κ3) is 3.35. The van der Waals surface area contributed by atoms with Crippen molar-refractivity contribution < 1.29 is 19.1 Å². The Kier molecular flexibility index (Phi) is 5.93. The van der Waals surface area contributed by atoms with E-state index in [-0.39, 0.29) is 5.78 Å². The van der Waals surface area contributed by atoms with Gasteiger partial charge >= 0.3 is 5.97 Å². The van der Waals surface area contributed by atoms with Crippen molar-refractivity contribution in [3.05, 3.63) is 77.1 Å². The van der Waals surface area contributed by atoms with Crippen molar-refractivity contribution in [2.75, 3.05) is 13.7 Å². The maximum atomic E-state index is 13.4. The van der Waals surface area contributed by atoms with Crippen LogP contribution in [0.5, 0.6) is 5.75 Å². The van der Waals surface area contributed by atoms with Crippen LogP contribution in [-0.4, -0.2) is 25.5 Å². The van der Waals surface area contributed by atoms with E-state index in [0.29, 0.717) is 29.0 Å². The standard InChI is InChI=1S/C23H19I2NO4/c1-4-30-22-15(24)9-12(10-16(22)25)18-17(23(28)29-3)11(2)26-20-13-7-5-6-8-14(13)21(27)19(18)20/h5-10,18,26H,4H2,1-3H3/t18-/m1/s1. The van der Waals surface area contributed by atoms with E-state index in [1.165, 1.54) is 7.11 Å². The molecule has 30 heavy (non-hydrogen) atoms. The third-order valence-corrected chi connectivity index (χ3v) is 6.90. The number of ether oxygens (including phenoxy) is 2. The average Bonchev–Trinajstić information content (AvgIpc) is 3.01. The van der Waals surface area contributed by atoms with Crippen molar-refractivity contribution in [1.82, 2.24) is 5.32 Å². The molecule has 0 fully saturated rings. The lowest BCUT2D eigenvalue weighted by Gasteiger charge is -2.29. The Balaban J connectivity index is 1.95. The number of carbonyl (C=O) groups is 2. The number of halogens is 2. The number of ketones is 1. The summed E-state index contributed by atoms with van der Waals surface area (Å²) in [5.74, 6) is -0.219. The first-order chi connectivity index (χ1) is 14.4. The molecule has 0 saturated heterocycles. The number of fused-ring (bicyclic) bond motifs is 2. The summed E-state index contributed by atoms with van der Waals surface area (Å²) >= 11 is 4.47. The minimum absolute atomic E-state index is 0.0640. The molecular formula is C23H19I2NO4. The molecule has 0 saturated carbocycles. The Labute approximate surface area is 202 Å². The molecule has 154 valence electrons. The van der Waals surface area contributed by atoms with Gasteiger partial charge in [-0.2, -0.15) is 0 Å². The number of benzene rings is 2. The van der Waals surface area contributed by atoms with Crippen LogP contribution < -0.4 is 10.1 Å². The number of esters is 1. The summed E-state index contributed by atoms with van der Waals surface area (Å²) in [6, 6.07) is 11.5. The van der Waals surface area contributed by atoms with Crippen molar-refractivity contribution >= 4 is 62.6 Å². The molecule has 2 aromatic rings. The second-order valence-electron chi connectivity index (χ2n) is 7.00. The Bertz CT molecular complexity index is 1130. The highest BCUT2D eigenvalue weighted by atomic mass is 127. The third-order valence-electron chi connectivity index (χ3n) is 5.30. The zero-order chi connectivity index (χ0) is 21.6. The Morgan fingerprint density at radius 2 is 1.77 bits per heavy atom. The lowest BCUT2D eigenvalue weighted by Crippen LogP contribution is -2.29. The van der Waals surface area contributed by atoms with Crippen molar-refractivity contribution in [3.8, 4) is 5.75 Å². The van der Waals surface area contributed by atoms with Crippen LogP contribution in [0.3, 0.4) is 0 Å². The molecule has 0 bridgehead atoms. The quantitative estimate of drug-likeness (QED) is 0.381. The molecule has 1 N–H and O–H groups in total. The number of hydrogen-bond donors (Lipinski definition) is 1. The molecular weight excluding hydrogens is 608 g/mol. The molecule has 0 unspecified atom stereocenters. The first-order valence-electron chi connectivity index (χ1n) is 9.45. The smallest absolute Gasteiger partial charge is 0.336 e. The number of rotatable bonds is 4. The van der Waals surface area contributed by atoms with E-state index >= 15 is 0 Å². The van der Waals surface area contributed by atoms with Crippen LogP contribution in [0.25, 0.3) is 5.70 Å². The number of nitrogens with one attached hydrogen (secondary N) is 1. The Hall–Kier alpha value is -1.88. The van der Waals surface area contributed by atoms with Gasteiger partial charge in [0.15, 0.2) is 5.78 Å². The molecule has 1 atom stereocenters. The fourth-order valence-electron chi connectivity index (χ4n) is 4.07. The van der Waals surface area contributed by atoms with E-state index in [1.54, 1.807) is 0 Å². The van der Waals surface area contributed by atoms with E-state index in [9.17, 15) is 9.59 Å². The van der Waals surface area contributed by atoms with Crippen LogP contribution in [0.1, 0.15) is 41.3 Å². The van der Waals surface area contributed by atoms with E-state index in [2.05, 4.69) is 50.5 Å². The Morgan fingerprint density at radius 1 is 1.13 bits per heavy atom. The van der Waals surface area contributed by atoms with Crippen LogP contribution in [0.15, 0.2) is 53.2 Å². The van der Waals surface area contributed by atoms with Crippen LogP contribution in [0, 0.1) is 7.14 Å². The highest BCUT2D eigenvalue weighted by Crippen LogP contribution is 2.47. The topological polar surface area (TPSA) is 64.6 Å². The highest BCUT2D eigenvalue weighted by molar-refractivity contribution is 14.1. The summed E-state index contributed by atoms with van der Waals surface area (Å²) in [6.07, 6.45) is 0. The lowest BCUT2D eigenvalue weighted by molar-refractivity contribution is -0.136. The SMILES string of the molecule is CCOc1c(I)cc([C@@H]2C(C(=O)OC)=C(C)NC3=C2C(=O)c2ccccc23)cc1I. The van der Waals surface area contributed by atoms with E-state index < -0.39 is 11.9 Å². The maximum absolute atomic E-state index is 13.4. The van der Waals surface area contributed by atoms with Crippen LogP contribution in [0.4, 0.5) is 0 Å². The van der Waals surface area contributed by atoms with Crippen molar-refractivity contribution in [2.45, 2.75) is 19.8 Å². The van der Waals surface area contributed by atoms with E-state index in [4.69, 9.17) is 9.47 Å². The summed E-state index contributed by atoms with van der Waals surface area (Å²) < 4.78 is 12.7. The number of allylic oxidation sites excluding steroid dienone is 2. The number of Topliss-reactive ketones (excluding diaryl/α,β-unsaturated/α-hetero) is 1. The molecule has 2 aromatic carbocycles. The van der Waals surface area contributed by atoms with Gasteiger partial charge in [0.1, 0.15) is 5.75 Å². The minimum Gasteiger partial charge on any atom is -0.492 e. The van der Waals surface area contributed by atoms with Gasteiger partial charge in [0.25, 0.3) is 0 Å². The van der Waals surface area contributed by atoms with Gasteiger partial charge in [0.2, 0.25) is 0 Å². The number of carbonyl (C=O) groups excluding carboxylic acids is 2. The number of dihydropyridines is 1. The fraction of sp³-hybridized carbons (Fsp3) is 0.217. The first-order valence-corrected chi connectivity index (χ1v) is 11.6. The van der Waals surface area contributed by atoms with Gasteiger partial charge in [-0.25, -0.2) is 4.79 Å². The van der Waals surface area contributed by atoms with Gasteiger partial charge in [-0.1, -0.05) is 24.3 Å². The predicted octanol–water partition coefficient (Wildman–Crippen LogP) is 5.04. The maximum Gasteiger partial charge on any atom is 0.336 e. The molecule has 0 amide bonds. The summed E-state index contributed by atoms with van der Waals surface area (Å²) in [6.45, 7) is 4.35. The van der Waals surface area contributed by atoms with Gasteiger partial charge in [-0.05, 0) is 76.7 Å². The van der Waals surface area contributed by atoms with Gasteiger partial charge in [0, 0.05) is 28.3 Å². The molecule has 5 nitrogen and oxygen atoms in total. The molecule has 2 aliphatic rings. The summed E-state index contributed by atoms with van der Waals surface area (Å²) in [5, 5.41) is 3.30. The number of hydrogen-bond acceptors (Lipinski definition) is 5. The minimum atomic E-state index is -0.522. The second-order valence-corrected chi connectivity index (χ2v) is 9.32. The van der Waals surface area contributed by atoms with Crippen LogP contribution in [0.2, 0.25) is 0 Å². The molecule has 0 aromatic heterocycles.